The number of allylic oxidation sites excluding steroid dienone is 2. The number of nitrogens with zero attached hydrogens (tertiary/aromatic N) is 3. The summed E-state index contributed by atoms with van der Waals surface area (Å²) in [7, 11) is 0. The summed E-state index contributed by atoms with van der Waals surface area (Å²) in [6.07, 6.45) is 13.2. The normalized spacial score (nSPS) is 19.7. The Bertz CT molecular complexity index is 1750. The van der Waals surface area contributed by atoms with Gasteiger partial charge in [-0.15, -0.1) is 5.10 Å². The molecule has 2 aromatic heterocycles. The van der Waals surface area contributed by atoms with Gasteiger partial charge in [-0.1, -0.05) is 31.2 Å². The van der Waals surface area contributed by atoms with Gasteiger partial charge >= 0.3 is 0 Å². The van der Waals surface area contributed by atoms with Crippen LogP contribution in [0.2, 0.25) is 0 Å². The van der Waals surface area contributed by atoms with Crippen molar-refractivity contribution in [1.29, 1.82) is 0 Å². The molecule has 2 aromatic carbocycles. The summed E-state index contributed by atoms with van der Waals surface area (Å²) in [6.45, 7) is 2.19. The van der Waals surface area contributed by atoms with Gasteiger partial charge in [-0.25, -0.2) is 8.91 Å². The van der Waals surface area contributed by atoms with Crippen LogP contribution in [0.1, 0.15) is 86.5 Å². The molecule has 0 radical (unpaired) electrons. The number of fused-ring (bicyclic) bond motifs is 3. The number of hydrogen-bond donors (Lipinski definition) is 1. The number of ketones is 1. The SMILES string of the molecule is CC1C=C(C(=O)CCC[C@H]2CCCc3ccc(F)cc32)c2cc(-c3ccn4nc(NC(=O)C5CC5)nc4c3)ccc2CC1. The van der Waals surface area contributed by atoms with E-state index in [9.17, 15) is 14.0 Å². The van der Waals surface area contributed by atoms with Gasteiger partial charge in [-0.2, -0.15) is 4.98 Å². The lowest BCUT2D eigenvalue weighted by Gasteiger charge is -2.25. The van der Waals surface area contributed by atoms with E-state index < -0.39 is 0 Å². The molecular formula is C36H37FN4O2. The number of halogens is 1. The molecule has 1 N–H and O–H groups in total. The molecular weight excluding hydrogens is 539 g/mol. The van der Waals surface area contributed by atoms with E-state index in [1.165, 1.54) is 11.1 Å². The van der Waals surface area contributed by atoms with Gasteiger partial charge in [-0.05, 0) is 133 Å². The van der Waals surface area contributed by atoms with E-state index in [1.807, 2.05) is 24.4 Å². The smallest absolute Gasteiger partial charge is 0.249 e. The van der Waals surface area contributed by atoms with Gasteiger partial charge in [0.2, 0.25) is 11.9 Å². The van der Waals surface area contributed by atoms with Crippen LogP contribution in [0.15, 0.2) is 60.8 Å². The molecule has 4 aromatic rings. The summed E-state index contributed by atoms with van der Waals surface area (Å²) in [5.41, 5.74) is 8.10. The Morgan fingerprint density at radius 1 is 0.977 bits per heavy atom. The number of carbonyl (C=O) groups is 2. The number of rotatable bonds is 8. The Morgan fingerprint density at radius 2 is 1.81 bits per heavy atom. The quantitative estimate of drug-likeness (QED) is 0.233. The first-order valence-electron chi connectivity index (χ1n) is 15.8. The highest BCUT2D eigenvalue weighted by Crippen LogP contribution is 2.37. The van der Waals surface area contributed by atoms with E-state index in [0.29, 0.717) is 29.9 Å². The van der Waals surface area contributed by atoms with Crippen LogP contribution in [0.4, 0.5) is 10.3 Å². The van der Waals surface area contributed by atoms with Crippen molar-refractivity contribution in [3.05, 3.63) is 88.9 Å². The van der Waals surface area contributed by atoms with E-state index in [4.69, 9.17) is 0 Å². The summed E-state index contributed by atoms with van der Waals surface area (Å²) < 4.78 is 15.7. The van der Waals surface area contributed by atoms with E-state index in [-0.39, 0.29) is 23.4 Å². The van der Waals surface area contributed by atoms with Crippen LogP contribution in [0.5, 0.6) is 0 Å². The number of aryl methyl sites for hydroxylation is 2. The summed E-state index contributed by atoms with van der Waals surface area (Å²) in [6, 6.07) is 15.6. The van der Waals surface area contributed by atoms with Crippen LogP contribution >= 0.6 is 0 Å². The fourth-order valence-electron chi connectivity index (χ4n) is 6.79. The number of hydrogen-bond acceptors (Lipinski definition) is 4. The standard InChI is InChI=1S/C36H37FN4O2/c1-22-8-9-25-10-13-27(28-16-17-41-34(20-28)38-36(40-41)39-35(43)26-11-12-26)19-31(25)32(18-22)33(42)7-3-6-23-4-2-5-24-14-15-29(37)21-30(23)24/h10,13-23,26H,2-9,11-12H2,1H3,(H,39,40,43)/t22?,23-/m1/s1. The zero-order valence-electron chi connectivity index (χ0n) is 24.6. The third kappa shape index (κ3) is 5.90. The molecule has 220 valence electrons. The second kappa shape index (κ2) is 11.5. The Labute approximate surface area is 251 Å². The first-order valence-corrected chi connectivity index (χ1v) is 15.8. The maximum absolute atomic E-state index is 14.0. The maximum Gasteiger partial charge on any atom is 0.249 e. The third-order valence-electron chi connectivity index (χ3n) is 9.38. The van der Waals surface area contributed by atoms with Crippen molar-refractivity contribution in [1.82, 2.24) is 14.6 Å². The highest BCUT2D eigenvalue weighted by Gasteiger charge is 2.30. The highest BCUT2D eigenvalue weighted by atomic mass is 19.1. The number of Topliss-reactive ketones (excluding diaryl/α,β-unsaturated/α-hetero) is 1. The second-order valence-electron chi connectivity index (χ2n) is 12.6. The molecule has 0 aliphatic heterocycles. The molecule has 43 heavy (non-hydrogen) atoms. The van der Waals surface area contributed by atoms with Crippen molar-refractivity contribution in [3.8, 4) is 11.1 Å². The molecule has 6 nitrogen and oxygen atoms in total. The molecule has 7 rings (SSSR count). The number of pyridine rings is 1. The van der Waals surface area contributed by atoms with Crippen molar-refractivity contribution in [2.24, 2.45) is 11.8 Å². The Balaban J connectivity index is 1.10. The average molecular weight is 577 g/mol. The van der Waals surface area contributed by atoms with Crippen molar-refractivity contribution < 1.29 is 14.0 Å². The monoisotopic (exact) mass is 576 g/mol. The number of carbonyl (C=O) groups excluding carboxylic acids is 2. The van der Waals surface area contributed by atoms with Crippen LogP contribution in [0, 0.1) is 17.7 Å². The van der Waals surface area contributed by atoms with Crippen molar-refractivity contribution in [3.63, 3.8) is 0 Å². The van der Waals surface area contributed by atoms with Gasteiger partial charge < -0.3 is 0 Å². The van der Waals surface area contributed by atoms with Crippen LogP contribution in [-0.2, 0) is 22.4 Å². The molecule has 2 atom stereocenters. The van der Waals surface area contributed by atoms with Crippen LogP contribution < -0.4 is 5.32 Å². The Hall–Kier alpha value is -4.13. The predicted molar refractivity (Wildman–Crippen MR) is 166 cm³/mol. The summed E-state index contributed by atoms with van der Waals surface area (Å²) in [5, 5.41) is 7.23. The van der Waals surface area contributed by atoms with Gasteiger partial charge in [0, 0.05) is 24.1 Å². The summed E-state index contributed by atoms with van der Waals surface area (Å²) in [5.74, 6) is 1.05. The maximum atomic E-state index is 14.0. The largest absolute Gasteiger partial charge is 0.294 e. The van der Waals surface area contributed by atoms with Crippen molar-refractivity contribution in [2.75, 3.05) is 5.32 Å². The molecule has 1 amide bonds. The number of anilines is 1. The fourth-order valence-corrected chi connectivity index (χ4v) is 6.79. The highest BCUT2D eigenvalue weighted by molar-refractivity contribution is 6.21. The second-order valence-corrected chi connectivity index (χ2v) is 12.6. The van der Waals surface area contributed by atoms with E-state index in [2.05, 4.69) is 46.6 Å². The van der Waals surface area contributed by atoms with Gasteiger partial charge in [0.05, 0.1) is 0 Å². The molecule has 0 spiro atoms. The van der Waals surface area contributed by atoms with E-state index in [0.717, 1.165) is 85.6 Å². The molecule has 0 saturated heterocycles. The first kappa shape index (κ1) is 27.7. The topological polar surface area (TPSA) is 76.4 Å². The molecule has 1 unspecified atom stereocenters. The molecule has 0 bridgehead atoms. The van der Waals surface area contributed by atoms with Crippen LogP contribution in [0.25, 0.3) is 22.3 Å². The van der Waals surface area contributed by atoms with Gasteiger partial charge in [-0.3, -0.25) is 14.9 Å². The Morgan fingerprint density at radius 3 is 2.67 bits per heavy atom. The number of nitrogens with one attached hydrogen (secondary N) is 1. The molecule has 1 fully saturated rings. The van der Waals surface area contributed by atoms with E-state index >= 15 is 0 Å². The van der Waals surface area contributed by atoms with Crippen molar-refractivity contribution >= 4 is 28.9 Å². The lowest BCUT2D eigenvalue weighted by molar-refractivity contribution is -0.117. The van der Waals surface area contributed by atoms with Gasteiger partial charge in [0.15, 0.2) is 11.4 Å². The Kier molecular flexibility index (Phi) is 7.41. The minimum atomic E-state index is -0.171. The van der Waals surface area contributed by atoms with E-state index in [1.54, 1.807) is 16.6 Å². The summed E-state index contributed by atoms with van der Waals surface area (Å²) >= 11 is 0. The third-order valence-corrected chi connectivity index (χ3v) is 9.38. The number of aromatic nitrogens is 3. The summed E-state index contributed by atoms with van der Waals surface area (Å²) in [4.78, 5) is 30.5. The number of amides is 1. The zero-order valence-corrected chi connectivity index (χ0v) is 24.6. The minimum absolute atomic E-state index is 0.0162. The zero-order chi connectivity index (χ0) is 29.5. The molecule has 1 saturated carbocycles. The minimum Gasteiger partial charge on any atom is -0.294 e. The van der Waals surface area contributed by atoms with Gasteiger partial charge in [0.25, 0.3) is 0 Å². The molecule has 7 heteroatoms. The lowest BCUT2D eigenvalue weighted by Crippen LogP contribution is -2.14. The fraction of sp³-hybridized carbons (Fsp3) is 0.389. The van der Waals surface area contributed by atoms with Crippen molar-refractivity contribution in [2.45, 2.75) is 77.0 Å². The van der Waals surface area contributed by atoms with Crippen LogP contribution in [-0.4, -0.2) is 26.3 Å². The van der Waals surface area contributed by atoms with Crippen LogP contribution in [0.3, 0.4) is 0 Å². The molecule has 3 aliphatic rings. The predicted octanol–water partition coefficient (Wildman–Crippen LogP) is 7.71. The molecule has 2 heterocycles. The molecule has 3 aliphatic carbocycles. The average Bonchev–Trinajstić information content (AvgIpc) is 3.81. The number of benzene rings is 2. The lowest BCUT2D eigenvalue weighted by atomic mass is 9.80. The first-order chi connectivity index (χ1) is 20.9. The van der Waals surface area contributed by atoms with Gasteiger partial charge in [0.1, 0.15) is 5.82 Å².